The topological polar surface area (TPSA) is 81.4 Å². The summed E-state index contributed by atoms with van der Waals surface area (Å²) >= 11 is 0. The highest BCUT2D eigenvalue weighted by Gasteiger charge is 2.32. The van der Waals surface area contributed by atoms with Gasteiger partial charge in [-0.3, -0.25) is 9.59 Å². The Morgan fingerprint density at radius 2 is 1.97 bits per heavy atom. The molecule has 0 aliphatic carbocycles. The minimum absolute atomic E-state index is 0.201. The summed E-state index contributed by atoms with van der Waals surface area (Å²) in [5.41, 5.74) is 3.07. The predicted molar refractivity (Wildman–Crippen MR) is 99.2 cm³/mol. The second-order valence-electron chi connectivity index (χ2n) is 7.29. The fraction of sp³-hybridized carbons (Fsp3) is 0.286. The number of aromatic nitrogens is 2. The lowest BCUT2D eigenvalue weighted by Gasteiger charge is -2.13. The molecule has 4 heterocycles. The highest BCUT2D eigenvalue weighted by molar-refractivity contribution is 5.88. The van der Waals surface area contributed by atoms with E-state index in [9.17, 15) is 23.5 Å². The number of aliphatic hydroxyl groups excluding tert-OH is 1. The third-order valence-electron chi connectivity index (χ3n) is 5.69. The molecule has 2 aliphatic rings. The van der Waals surface area contributed by atoms with Crippen LogP contribution in [0, 0.1) is 11.6 Å². The van der Waals surface area contributed by atoms with Gasteiger partial charge >= 0.3 is 5.97 Å². The summed E-state index contributed by atoms with van der Waals surface area (Å²) in [5.74, 6) is -2.51. The van der Waals surface area contributed by atoms with Gasteiger partial charge in [0.25, 0.3) is 5.56 Å². The monoisotopic (exact) mass is 398 g/mol. The van der Waals surface area contributed by atoms with Crippen LogP contribution in [0.1, 0.15) is 41.7 Å². The lowest BCUT2D eigenvalue weighted by molar-refractivity contribution is -0.146. The van der Waals surface area contributed by atoms with Crippen molar-refractivity contribution in [2.75, 3.05) is 0 Å². The molecule has 6 nitrogen and oxygen atoms in total. The Bertz CT molecular complexity index is 1280. The Hall–Kier alpha value is -3.13. The average molecular weight is 398 g/mol. The standard InChI is InChI=1S/C21H16F2N2O4/c1-2-9-10-3-14(22)15(23)5-16(10)24-20-12(9)7-25-17(20)4-11-13(21(25)28)8-29-19(27)6-18(11)26/h3-5,18,26H,2,6-8H2,1H3. The van der Waals surface area contributed by atoms with Gasteiger partial charge in [-0.15, -0.1) is 0 Å². The van der Waals surface area contributed by atoms with Crippen LogP contribution in [0.3, 0.4) is 0 Å². The number of cyclic esters (lactones) is 1. The molecule has 0 amide bonds. The first-order valence-electron chi connectivity index (χ1n) is 9.30. The van der Waals surface area contributed by atoms with Gasteiger partial charge in [0.2, 0.25) is 0 Å². The van der Waals surface area contributed by atoms with E-state index in [1.54, 1.807) is 6.07 Å². The van der Waals surface area contributed by atoms with Crippen molar-refractivity contribution in [2.45, 2.75) is 39.0 Å². The zero-order valence-corrected chi connectivity index (χ0v) is 15.5. The molecule has 5 rings (SSSR count). The molecule has 1 unspecified atom stereocenters. The Morgan fingerprint density at radius 3 is 2.72 bits per heavy atom. The number of carbonyl (C=O) groups excluding carboxylic acids is 1. The van der Waals surface area contributed by atoms with Crippen molar-refractivity contribution in [1.29, 1.82) is 0 Å². The van der Waals surface area contributed by atoms with E-state index in [0.717, 1.165) is 23.3 Å². The zero-order valence-electron chi connectivity index (χ0n) is 15.5. The van der Waals surface area contributed by atoms with E-state index in [1.165, 1.54) is 4.57 Å². The van der Waals surface area contributed by atoms with Crippen LogP contribution in [0.5, 0.6) is 0 Å². The van der Waals surface area contributed by atoms with E-state index in [0.29, 0.717) is 34.3 Å². The molecule has 0 bridgehead atoms. The Balaban J connectivity index is 1.80. The van der Waals surface area contributed by atoms with Gasteiger partial charge in [-0.05, 0) is 29.7 Å². The van der Waals surface area contributed by atoms with Crippen LogP contribution >= 0.6 is 0 Å². The van der Waals surface area contributed by atoms with Crippen molar-refractivity contribution >= 4 is 16.9 Å². The minimum atomic E-state index is -1.15. The number of hydrogen-bond acceptors (Lipinski definition) is 5. The van der Waals surface area contributed by atoms with Gasteiger partial charge in [-0.2, -0.15) is 0 Å². The number of halogens is 2. The van der Waals surface area contributed by atoms with Crippen LogP contribution < -0.4 is 5.56 Å². The molecule has 0 saturated heterocycles. The molecule has 0 fully saturated rings. The van der Waals surface area contributed by atoms with Crippen molar-refractivity contribution < 1.29 is 23.4 Å². The van der Waals surface area contributed by atoms with Crippen LogP contribution in [0.15, 0.2) is 23.0 Å². The summed E-state index contributed by atoms with van der Waals surface area (Å²) in [6.45, 7) is 1.93. The van der Waals surface area contributed by atoms with Crippen LogP contribution in [-0.2, 0) is 29.1 Å². The quantitative estimate of drug-likeness (QED) is 0.499. The molecule has 0 radical (unpaired) electrons. The van der Waals surface area contributed by atoms with Crippen LogP contribution in [0.25, 0.3) is 22.3 Å². The van der Waals surface area contributed by atoms with Gasteiger partial charge in [0.1, 0.15) is 6.61 Å². The summed E-state index contributed by atoms with van der Waals surface area (Å²) in [6, 6.07) is 3.84. The number of pyridine rings is 2. The van der Waals surface area contributed by atoms with Gasteiger partial charge < -0.3 is 14.4 Å². The van der Waals surface area contributed by atoms with Gasteiger partial charge in [-0.25, -0.2) is 13.8 Å². The first-order chi connectivity index (χ1) is 13.9. The molecule has 148 valence electrons. The number of esters is 1. The fourth-order valence-corrected chi connectivity index (χ4v) is 4.29. The number of aryl methyl sites for hydroxylation is 1. The number of rotatable bonds is 1. The molecule has 2 aromatic heterocycles. The Labute approximate surface area is 163 Å². The number of nitrogens with zero attached hydrogens (tertiary/aromatic N) is 2. The van der Waals surface area contributed by atoms with E-state index in [1.807, 2.05) is 6.92 Å². The lowest BCUT2D eigenvalue weighted by Crippen LogP contribution is -2.25. The summed E-state index contributed by atoms with van der Waals surface area (Å²) in [6.07, 6.45) is -0.839. The van der Waals surface area contributed by atoms with E-state index in [2.05, 4.69) is 4.98 Å². The SMILES string of the molecule is CCc1c2c(nc3cc(F)c(F)cc13)-c1cc3c(c(=O)n1C2)COC(=O)CC3O. The highest BCUT2D eigenvalue weighted by Crippen LogP contribution is 2.38. The normalized spacial score (nSPS) is 17.5. The first-order valence-corrected chi connectivity index (χ1v) is 9.30. The molecule has 0 spiro atoms. The van der Waals surface area contributed by atoms with E-state index in [-0.39, 0.29) is 30.7 Å². The number of hydrogen-bond donors (Lipinski definition) is 1. The van der Waals surface area contributed by atoms with E-state index >= 15 is 0 Å². The van der Waals surface area contributed by atoms with Gasteiger partial charge in [-0.1, -0.05) is 6.92 Å². The molecule has 1 aromatic carbocycles. The fourth-order valence-electron chi connectivity index (χ4n) is 4.29. The minimum Gasteiger partial charge on any atom is -0.460 e. The second-order valence-corrected chi connectivity index (χ2v) is 7.29. The summed E-state index contributed by atoms with van der Waals surface area (Å²) in [5, 5.41) is 10.9. The van der Waals surface area contributed by atoms with Crippen LogP contribution in [-0.4, -0.2) is 20.6 Å². The van der Waals surface area contributed by atoms with Crippen molar-refractivity contribution in [3.8, 4) is 11.4 Å². The van der Waals surface area contributed by atoms with E-state index < -0.39 is 23.7 Å². The van der Waals surface area contributed by atoms with Gasteiger partial charge in [0.05, 0.1) is 41.5 Å². The maximum absolute atomic E-state index is 13.8. The second kappa shape index (κ2) is 6.18. The number of carbonyl (C=O) groups is 1. The first kappa shape index (κ1) is 17.9. The average Bonchev–Trinajstić information content (AvgIpc) is 2.97. The molecule has 0 saturated carbocycles. The van der Waals surface area contributed by atoms with E-state index in [4.69, 9.17) is 4.74 Å². The molecule has 1 N–H and O–H groups in total. The third kappa shape index (κ3) is 2.52. The summed E-state index contributed by atoms with van der Waals surface area (Å²) in [7, 11) is 0. The Kier molecular flexibility index (Phi) is 3.82. The zero-order chi connectivity index (χ0) is 20.4. The molecule has 29 heavy (non-hydrogen) atoms. The number of ether oxygens (including phenoxy) is 1. The lowest BCUT2D eigenvalue weighted by atomic mass is 9.97. The van der Waals surface area contributed by atoms with Crippen molar-refractivity contribution in [3.05, 3.63) is 62.4 Å². The smallest absolute Gasteiger partial charge is 0.309 e. The van der Waals surface area contributed by atoms with Gasteiger partial charge in [0, 0.05) is 17.0 Å². The Morgan fingerprint density at radius 1 is 1.21 bits per heavy atom. The van der Waals surface area contributed by atoms with Crippen molar-refractivity contribution in [1.82, 2.24) is 9.55 Å². The van der Waals surface area contributed by atoms with Crippen molar-refractivity contribution in [3.63, 3.8) is 0 Å². The largest absolute Gasteiger partial charge is 0.460 e. The maximum atomic E-state index is 13.8. The highest BCUT2D eigenvalue weighted by atomic mass is 19.2. The van der Waals surface area contributed by atoms with Crippen LogP contribution in [0.2, 0.25) is 0 Å². The van der Waals surface area contributed by atoms with Crippen molar-refractivity contribution in [2.24, 2.45) is 0 Å². The molecule has 3 aromatic rings. The molecule has 8 heteroatoms. The summed E-state index contributed by atoms with van der Waals surface area (Å²) < 4.78 is 34.2. The molecular formula is C21H16F2N2O4. The third-order valence-corrected chi connectivity index (χ3v) is 5.69. The molecule has 2 aliphatic heterocycles. The molecular weight excluding hydrogens is 382 g/mol. The predicted octanol–water partition coefficient (Wildman–Crippen LogP) is 2.75. The van der Waals surface area contributed by atoms with Crippen LogP contribution in [0.4, 0.5) is 8.78 Å². The number of aliphatic hydroxyl groups is 1. The van der Waals surface area contributed by atoms with Gasteiger partial charge in [0.15, 0.2) is 11.6 Å². The summed E-state index contributed by atoms with van der Waals surface area (Å²) in [4.78, 5) is 29.3. The number of benzene rings is 1. The number of fused-ring (bicyclic) bond motifs is 5. The molecule has 1 atom stereocenters. The maximum Gasteiger partial charge on any atom is 0.309 e.